The number of hydrogen-bond acceptors (Lipinski definition) is 4. The third-order valence-corrected chi connectivity index (χ3v) is 3.60. The summed E-state index contributed by atoms with van der Waals surface area (Å²) in [5.74, 6) is 1.27. The van der Waals surface area contributed by atoms with Crippen LogP contribution in [0.15, 0.2) is 42.7 Å². The zero-order valence-electron chi connectivity index (χ0n) is 12.5. The van der Waals surface area contributed by atoms with Gasteiger partial charge in [-0.25, -0.2) is 0 Å². The lowest BCUT2D eigenvalue weighted by Gasteiger charge is -2.24. The van der Waals surface area contributed by atoms with Crippen LogP contribution in [-0.2, 0) is 16.6 Å². The summed E-state index contributed by atoms with van der Waals surface area (Å²) in [6.07, 6.45) is 5.06. The number of methoxy groups -OCH3 is 2. The van der Waals surface area contributed by atoms with E-state index in [0.29, 0.717) is 17.9 Å². The molecule has 0 aliphatic carbocycles. The minimum absolute atomic E-state index is 0.583. The second-order valence-electron chi connectivity index (χ2n) is 5.14. The molecule has 0 amide bonds. The number of hydrogen-bond donors (Lipinski definition) is 0. The summed E-state index contributed by atoms with van der Waals surface area (Å²) >= 11 is 0. The lowest BCUT2D eigenvalue weighted by Crippen LogP contribution is -2.27. The predicted molar refractivity (Wildman–Crippen MR) is 80.9 cm³/mol. The lowest BCUT2D eigenvalue weighted by molar-refractivity contribution is -0.112. The monoisotopic (exact) mass is 285 g/mol. The van der Waals surface area contributed by atoms with E-state index in [-0.39, 0.29) is 0 Å². The second kappa shape index (κ2) is 6.39. The van der Waals surface area contributed by atoms with Crippen molar-refractivity contribution in [1.82, 2.24) is 4.98 Å². The molecule has 4 heteroatoms. The summed E-state index contributed by atoms with van der Waals surface area (Å²) in [7, 11) is 3.17. The number of rotatable bonds is 6. The van der Waals surface area contributed by atoms with E-state index in [9.17, 15) is 4.79 Å². The Bertz CT molecular complexity index is 613. The Hall–Kier alpha value is -2.36. The largest absolute Gasteiger partial charge is 0.493 e. The molecule has 1 heterocycles. The molecule has 1 aromatic carbocycles. The van der Waals surface area contributed by atoms with Gasteiger partial charge in [-0.2, -0.15) is 0 Å². The van der Waals surface area contributed by atoms with Crippen molar-refractivity contribution in [2.24, 2.45) is 0 Å². The summed E-state index contributed by atoms with van der Waals surface area (Å²) in [4.78, 5) is 15.8. The van der Waals surface area contributed by atoms with Crippen molar-refractivity contribution in [3.8, 4) is 11.5 Å². The van der Waals surface area contributed by atoms with Gasteiger partial charge in [-0.05, 0) is 42.7 Å². The maximum absolute atomic E-state index is 11.7. The van der Waals surface area contributed by atoms with Crippen LogP contribution >= 0.6 is 0 Å². The normalized spacial score (nSPS) is 13.3. The average Bonchev–Trinajstić information content (AvgIpc) is 2.54. The number of aromatic nitrogens is 1. The molecule has 2 aromatic rings. The molecule has 0 saturated heterocycles. The van der Waals surface area contributed by atoms with Crippen molar-refractivity contribution >= 4 is 6.29 Å². The van der Waals surface area contributed by atoms with Crippen LogP contribution in [0, 0.1) is 0 Å². The van der Waals surface area contributed by atoms with Gasteiger partial charge in [0.15, 0.2) is 11.5 Å². The Morgan fingerprint density at radius 2 is 1.95 bits per heavy atom. The van der Waals surface area contributed by atoms with Gasteiger partial charge < -0.3 is 14.3 Å². The number of carbonyl (C=O) groups is 1. The van der Waals surface area contributed by atoms with E-state index >= 15 is 0 Å². The minimum atomic E-state index is -0.636. The van der Waals surface area contributed by atoms with Gasteiger partial charge >= 0.3 is 0 Å². The molecule has 110 valence electrons. The number of aldehydes is 1. The molecule has 1 unspecified atom stereocenters. The predicted octanol–water partition coefficient (Wildman–Crippen LogP) is 2.80. The third-order valence-electron chi connectivity index (χ3n) is 3.60. The summed E-state index contributed by atoms with van der Waals surface area (Å²) in [5.41, 5.74) is 1.27. The molecule has 0 radical (unpaired) electrons. The molecule has 21 heavy (non-hydrogen) atoms. The van der Waals surface area contributed by atoms with Crippen molar-refractivity contribution in [2.45, 2.75) is 18.8 Å². The first-order chi connectivity index (χ1) is 10.1. The van der Waals surface area contributed by atoms with E-state index in [4.69, 9.17) is 9.47 Å². The van der Waals surface area contributed by atoms with Crippen molar-refractivity contribution in [3.63, 3.8) is 0 Å². The van der Waals surface area contributed by atoms with Crippen LogP contribution in [0.25, 0.3) is 0 Å². The van der Waals surface area contributed by atoms with E-state index < -0.39 is 5.41 Å². The van der Waals surface area contributed by atoms with Crippen molar-refractivity contribution in [2.75, 3.05) is 14.2 Å². The standard InChI is InChI=1S/C17H19NO3/c1-17(12-19,10-13-5-4-8-18-11-13)14-6-7-15(20-2)16(9-14)21-3/h4-9,11-12H,10H2,1-3H3. The first kappa shape index (κ1) is 15.0. The average molecular weight is 285 g/mol. The molecular weight excluding hydrogens is 266 g/mol. The van der Waals surface area contributed by atoms with Gasteiger partial charge in [0, 0.05) is 12.4 Å². The van der Waals surface area contributed by atoms with Crippen molar-refractivity contribution < 1.29 is 14.3 Å². The highest BCUT2D eigenvalue weighted by atomic mass is 16.5. The summed E-state index contributed by atoms with van der Waals surface area (Å²) < 4.78 is 10.5. The highest BCUT2D eigenvalue weighted by Gasteiger charge is 2.27. The Morgan fingerprint density at radius 1 is 1.19 bits per heavy atom. The molecule has 0 saturated carbocycles. The van der Waals surface area contributed by atoms with Crippen LogP contribution in [0.4, 0.5) is 0 Å². The van der Waals surface area contributed by atoms with Gasteiger partial charge in [-0.3, -0.25) is 4.98 Å². The molecule has 0 spiro atoms. The summed E-state index contributed by atoms with van der Waals surface area (Å²) in [6.45, 7) is 1.91. The maximum atomic E-state index is 11.7. The van der Waals surface area contributed by atoms with Gasteiger partial charge in [0.25, 0.3) is 0 Å². The summed E-state index contributed by atoms with van der Waals surface area (Å²) in [6, 6.07) is 9.40. The van der Waals surface area contributed by atoms with Crippen LogP contribution in [0.3, 0.4) is 0 Å². The fourth-order valence-electron chi connectivity index (χ4n) is 2.33. The third kappa shape index (κ3) is 3.21. The highest BCUT2D eigenvalue weighted by molar-refractivity contribution is 5.69. The first-order valence-electron chi connectivity index (χ1n) is 6.70. The minimum Gasteiger partial charge on any atom is -0.493 e. The summed E-state index contributed by atoms with van der Waals surface area (Å²) in [5, 5.41) is 0. The van der Waals surface area contributed by atoms with Gasteiger partial charge in [-0.15, -0.1) is 0 Å². The van der Waals surface area contributed by atoms with Crippen LogP contribution in [0.5, 0.6) is 11.5 Å². The topological polar surface area (TPSA) is 48.4 Å². The van der Waals surface area contributed by atoms with Crippen LogP contribution in [0.2, 0.25) is 0 Å². The van der Waals surface area contributed by atoms with E-state index in [1.165, 1.54) is 0 Å². The first-order valence-corrected chi connectivity index (χ1v) is 6.70. The molecule has 0 fully saturated rings. The van der Waals surface area contributed by atoms with Crippen molar-refractivity contribution in [1.29, 1.82) is 0 Å². The van der Waals surface area contributed by atoms with Crippen LogP contribution in [-0.4, -0.2) is 25.5 Å². The molecule has 0 N–H and O–H groups in total. The fraction of sp³-hybridized carbons (Fsp3) is 0.294. The van der Waals surface area contributed by atoms with E-state index in [1.54, 1.807) is 26.6 Å². The Labute approximate surface area is 124 Å². The lowest BCUT2D eigenvalue weighted by atomic mass is 9.79. The zero-order valence-corrected chi connectivity index (χ0v) is 12.5. The molecule has 2 rings (SSSR count). The number of benzene rings is 1. The van der Waals surface area contributed by atoms with Crippen LogP contribution in [0.1, 0.15) is 18.1 Å². The smallest absolute Gasteiger partial charge is 0.161 e. The molecule has 0 aliphatic heterocycles. The Morgan fingerprint density at radius 3 is 2.52 bits per heavy atom. The number of nitrogens with zero attached hydrogens (tertiary/aromatic N) is 1. The Balaban J connectivity index is 2.38. The Kier molecular flexibility index (Phi) is 4.58. The molecule has 4 nitrogen and oxygen atoms in total. The van der Waals surface area contributed by atoms with E-state index in [1.807, 2.05) is 37.3 Å². The van der Waals surface area contributed by atoms with E-state index in [2.05, 4.69) is 4.98 Å². The van der Waals surface area contributed by atoms with Gasteiger partial charge in [0.1, 0.15) is 6.29 Å². The van der Waals surface area contributed by atoms with Crippen LogP contribution < -0.4 is 9.47 Å². The quantitative estimate of drug-likeness (QED) is 0.766. The molecule has 1 atom stereocenters. The van der Waals surface area contributed by atoms with Gasteiger partial charge in [0.05, 0.1) is 19.6 Å². The van der Waals surface area contributed by atoms with Gasteiger partial charge in [0.2, 0.25) is 0 Å². The number of pyridine rings is 1. The maximum Gasteiger partial charge on any atom is 0.161 e. The number of carbonyl (C=O) groups excluding carboxylic acids is 1. The number of ether oxygens (including phenoxy) is 2. The van der Waals surface area contributed by atoms with Gasteiger partial charge in [-0.1, -0.05) is 12.1 Å². The fourth-order valence-corrected chi connectivity index (χ4v) is 2.33. The molecule has 0 bridgehead atoms. The van der Waals surface area contributed by atoms with Crippen molar-refractivity contribution in [3.05, 3.63) is 53.9 Å². The molecule has 0 aliphatic rings. The molecule has 1 aromatic heterocycles. The highest BCUT2D eigenvalue weighted by Crippen LogP contribution is 2.34. The zero-order chi connectivity index (χ0) is 15.3. The molecular formula is C17H19NO3. The SMILES string of the molecule is COc1ccc(C(C)(C=O)Cc2cccnc2)cc1OC. The second-order valence-corrected chi connectivity index (χ2v) is 5.14. The van der Waals surface area contributed by atoms with E-state index in [0.717, 1.165) is 17.4 Å².